The van der Waals surface area contributed by atoms with E-state index < -0.39 is 23.8 Å². The second kappa shape index (κ2) is 16.5. The Morgan fingerprint density at radius 3 is 2.15 bits per heavy atom. The lowest BCUT2D eigenvalue weighted by atomic mass is 9.94. The van der Waals surface area contributed by atoms with E-state index in [1.165, 1.54) is 31.2 Å². The molecule has 0 radical (unpaired) electrons. The highest BCUT2D eigenvalue weighted by molar-refractivity contribution is 5.92. The van der Waals surface area contributed by atoms with Gasteiger partial charge in [-0.05, 0) is 64.5 Å². The zero-order chi connectivity index (χ0) is 28.8. The molecule has 2 atom stereocenters. The predicted molar refractivity (Wildman–Crippen MR) is 157 cm³/mol. The molecule has 1 fully saturated rings. The molecule has 0 spiro atoms. The number of nitrogens with zero attached hydrogens (tertiary/aromatic N) is 1. The molecule has 7 heteroatoms. The van der Waals surface area contributed by atoms with Crippen molar-refractivity contribution >= 4 is 17.9 Å². The number of alkyl carbamates (subject to hydrolysis) is 1. The van der Waals surface area contributed by atoms with E-state index in [4.69, 9.17) is 4.74 Å². The fourth-order valence-corrected chi connectivity index (χ4v) is 5.16. The summed E-state index contributed by atoms with van der Waals surface area (Å²) in [6.45, 7) is 11.8. The SMILES string of the molecule is CCCCCCCCN(C(=O)C(C)NC(=O)OC(C)(C)C)C(C(=O)NC1CCCCC1)c1ccc(CC)cc1. The number of rotatable bonds is 14. The third-order valence-corrected chi connectivity index (χ3v) is 7.35. The number of benzene rings is 1. The molecule has 2 rings (SSSR count). The number of aryl methyl sites for hydroxylation is 1. The van der Waals surface area contributed by atoms with E-state index in [1.54, 1.807) is 32.6 Å². The molecule has 2 N–H and O–H groups in total. The Hall–Kier alpha value is -2.57. The summed E-state index contributed by atoms with van der Waals surface area (Å²) >= 11 is 0. The number of carbonyl (C=O) groups is 3. The highest BCUT2D eigenvalue weighted by Gasteiger charge is 2.35. The van der Waals surface area contributed by atoms with Crippen molar-refractivity contribution in [3.63, 3.8) is 0 Å². The van der Waals surface area contributed by atoms with Gasteiger partial charge in [0.15, 0.2) is 0 Å². The van der Waals surface area contributed by atoms with Crippen LogP contribution >= 0.6 is 0 Å². The van der Waals surface area contributed by atoms with Gasteiger partial charge in [0, 0.05) is 12.6 Å². The Morgan fingerprint density at radius 2 is 1.56 bits per heavy atom. The van der Waals surface area contributed by atoms with Crippen molar-refractivity contribution in [1.29, 1.82) is 0 Å². The fraction of sp³-hybridized carbons (Fsp3) is 0.719. The van der Waals surface area contributed by atoms with Gasteiger partial charge in [0.1, 0.15) is 17.7 Å². The first-order valence-corrected chi connectivity index (χ1v) is 15.2. The smallest absolute Gasteiger partial charge is 0.408 e. The third-order valence-electron chi connectivity index (χ3n) is 7.35. The maximum Gasteiger partial charge on any atom is 0.408 e. The van der Waals surface area contributed by atoms with Crippen LogP contribution in [0.5, 0.6) is 0 Å². The summed E-state index contributed by atoms with van der Waals surface area (Å²) in [5, 5.41) is 5.96. The van der Waals surface area contributed by atoms with Gasteiger partial charge in [-0.1, -0.05) is 89.5 Å². The number of carbonyl (C=O) groups excluding carboxylic acids is 3. The standard InChI is InChI=1S/C32H53N3O4/c1-7-9-10-11-12-16-23-35(30(37)24(3)33-31(38)39-32(4,5)6)28(26-21-19-25(8-2)20-22-26)29(36)34-27-17-14-13-15-18-27/h19-22,24,27-28H,7-18,23H2,1-6H3,(H,33,38)(H,34,36). The molecule has 220 valence electrons. The van der Waals surface area contributed by atoms with Gasteiger partial charge >= 0.3 is 6.09 Å². The Balaban J connectivity index is 2.33. The fourth-order valence-electron chi connectivity index (χ4n) is 5.16. The van der Waals surface area contributed by atoms with E-state index in [-0.39, 0.29) is 17.9 Å². The van der Waals surface area contributed by atoms with Gasteiger partial charge in [0.2, 0.25) is 11.8 Å². The maximum atomic E-state index is 13.9. The number of amides is 3. The Morgan fingerprint density at radius 1 is 0.949 bits per heavy atom. The van der Waals surface area contributed by atoms with E-state index in [0.29, 0.717) is 6.54 Å². The molecule has 39 heavy (non-hydrogen) atoms. The number of hydrogen-bond acceptors (Lipinski definition) is 4. The van der Waals surface area contributed by atoms with Gasteiger partial charge in [0.05, 0.1) is 0 Å². The monoisotopic (exact) mass is 543 g/mol. The van der Waals surface area contributed by atoms with Crippen LogP contribution in [0.2, 0.25) is 0 Å². The Labute approximate surface area is 236 Å². The Bertz CT molecular complexity index is 888. The average molecular weight is 544 g/mol. The van der Waals surface area contributed by atoms with Gasteiger partial charge in [-0.15, -0.1) is 0 Å². The lowest BCUT2D eigenvalue weighted by molar-refractivity contribution is -0.142. The zero-order valence-corrected chi connectivity index (χ0v) is 25.3. The average Bonchev–Trinajstić information content (AvgIpc) is 2.89. The molecule has 3 amide bonds. The third kappa shape index (κ3) is 11.6. The first-order valence-electron chi connectivity index (χ1n) is 15.2. The summed E-state index contributed by atoms with van der Waals surface area (Å²) in [6, 6.07) is 6.54. The summed E-state index contributed by atoms with van der Waals surface area (Å²) in [6.07, 6.45) is 12.1. The summed E-state index contributed by atoms with van der Waals surface area (Å²) in [7, 11) is 0. The van der Waals surface area contributed by atoms with Crippen LogP contribution in [0, 0.1) is 0 Å². The molecule has 1 aliphatic rings. The quantitative estimate of drug-likeness (QED) is 0.251. The first-order chi connectivity index (χ1) is 18.6. The van der Waals surface area contributed by atoms with Crippen LogP contribution in [0.1, 0.15) is 129 Å². The second-order valence-corrected chi connectivity index (χ2v) is 12.0. The molecule has 1 aromatic rings. The van der Waals surface area contributed by atoms with Crippen molar-refractivity contribution in [3.8, 4) is 0 Å². The Kier molecular flexibility index (Phi) is 13.8. The van der Waals surface area contributed by atoms with Crippen molar-refractivity contribution in [1.82, 2.24) is 15.5 Å². The minimum absolute atomic E-state index is 0.131. The molecule has 2 unspecified atom stereocenters. The molecule has 1 aromatic carbocycles. The zero-order valence-electron chi connectivity index (χ0n) is 25.3. The maximum absolute atomic E-state index is 13.9. The molecule has 1 aliphatic carbocycles. The van der Waals surface area contributed by atoms with Gasteiger partial charge in [-0.25, -0.2) is 4.79 Å². The lowest BCUT2D eigenvalue weighted by Crippen LogP contribution is -2.53. The number of hydrogen-bond donors (Lipinski definition) is 2. The molecule has 0 heterocycles. The molecule has 0 bridgehead atoms. The van der Waals surface area contributed by atoms with E-state index in [1.807, 2.05) is 24.3 Å². The van der Waals surface area contributed by atoms with Gasteiger partial charge in [-0.2, -0.15) is 0 Å². The largest absolute Gasteiger partial charge is 0.444 e. The predicted octanol–water partition coefficient (Wildman–Crippen LogP) is 6.84. The van der Waals surface area contributed by atoms with Crippen molar-refractivity contribution in [2.24, 2.45) is 0 Å². The molecular weight excluding hydrogens is 490 g/mol. The van der Waals surface area contributed by atoms with E-state index in [2.05, 4.69) is 24.5 Å². The number of unbranched alkanes of at least 4 members (excludes halogenated alkanes) is 5. The van der Waals surface area contributed by atoms with Crippen molar-refractivity contribution in [3.05, 3.63) is 35.4 Å². The topological polar surface area (TPSA) is 87.7 Å². The molecule has 0 aromatic heterocycles. The van der Waals surface area contributed by atoms with E-state index in [9.17, 15) is 14.4 Å². The normalized spacial score (nSPS) is 15.7. The van der Waals surface area contributed by atoms with Gasteiger partial charge < -0.3 is 20.3 Å². The molecule has 7 nitrogen and oxygen atoms in total. The van der Waals surface area contributed by atoms with Crippen LogP contribution in [0.15, 0.2) is 24.3 Å². The second-order valence-electron chi connectivity index (χ2n) is 12.0. The lowest BCUT2D eigenvalue weighted by Gasteiger charge is -2.35. The highest BCUT2D eigenvalue weighted by Crippen LogP contribution is 2.26. The molecule has 0 saturated heterocycles. The van der Waals surface area contributed by atoms with Crippen LogP contribution < -0.4 is 10.6 Å². The van der Waals surface area contributed by atoms with Crippen molar-refractivity contribution in [2.75, 3.05) is 6.54 Å². The molecule has 0 aliphatic heterocycles. The molecular formula is C32H53N3O4. The van der Waals surface area contributed by atoms with Crippen molar-refractivity contribution < 1.29 is 19.1 Å². The highest BCUT2D eigenvalue weighted by atomic mass is 16.6. The number of nitrogens with one attached hydrogen (secondary N) is 2. The van der Waals surface area contributed by atoms with Gasteiger partial charge in [-0.3, -0.25) is 9.59 Å². The number of ether oxygens (including phenoxy) is 1. The summed E-state index contributed by atoms with van der Waals surface area (Å²) in [5.41, 5.74) is 1.30. The van der Waals surface area contributed by atoms with Crippen molar-refractivity contribution in [2.45, 2.75) is 142 Å². The van der Waals surface area contributed by atoms with E-state index in [0.717, 1.165) is 56.9 Å². The van der Waals surface area contributed by atoms with Crippen LogP contribution in [0.25, 0.3) is 0 Å². The first kappa shape index (κ1) is 32.6. The van der Waals surface area contributed by atoms with Gasteiger partial charge in [0.25, 0.3) is 0 Å². The van der Waals surface area contributed by atoms with Crippen LogP contribution in [-0.4, -0.2) is 47.0 Å². The minimum atomic E-state index is -0.833. The van der Waals surface area contributed by atoms with Crippen LogP contribution in [-0.2, 0) is 20.7 Å². The summed E-state index contributed by atoms with van der Waals surface area (Å²) in [5.74, 6) is -0.423. The molecule has 1 saturated carbocycles. The summed E-state index contributed by atoms with van der Waals surface area (Å²) < 4.78 is 5.39. The van der Waals surface area contributed by atoms with Crippen LogP contribution in [0.4, 0.5) is 4.79 Å². The minimum Gasteiger partial charge on any atom is -0.444 e. The van der Waals surface area contributed by atoms with Crippen LogP contribution in [0.3, 0.4) is 0 Å². The summed E-state index contributed by atoms with van der Waals surface area (Å²) in [4.78, 5) is 42.0. The van der Waals surface area contributed by atoms with E-state index >= 15 is 0 Å².